The van der Waals surface area contributed by atoms with Crippen LogP contribution in [0.4, 0.5) is 18.0 Å². The van der Waals surface area contributed by atoms with Crippen molar-refractivity contribution in [3.63, 3.8) is 0 Å². The molecule has 0 spiro atoms. The summed E-state index contributed by atoms with van der Waals surface area (Å²) in [6, 6.07) is 3.49. The summed E-state index contributed by atoms with van der Waals surface area (Å²) >= 11 is 0. The minimum absolute atomic E-state index is 0.0179. The highest BCUT2D eigenvalue weighted by molar-refractivity contribution is 5.95. The minimum atomic E-state index is -0.735. The van der Waals surface area contributed by atoms with E-state index in [0.29, 0.717) is 47.8 Å². The van der Waals surface area contributed by atoms with E-state index in [9.17, 15) is 22.8 Å². The van der Waals surface area contributed by atoms with Crippen LogP contribution < -0.4 is 10.1 Å². The Morgan fingerprint density at radius 2 is 1.79 bits per heavy atom. The van der Waals surface area contributed by atoms with Crippen LogP contribution in [-0.4, -0.2) is 81.3 Å². The Balaban J connectivity index is 1.11. The number of pyridine rings is 1. The number of carbonyl (C=O) groups is 2. The molecule has 2 fully saturated rings. The lowest BCUT2D eigenvalue weighted by molar-refractivity contribution is 0.0256. The molecule has 1 atom stereocenters. The van der Waals surface area contributed by atoms with E-state index in [4.69, 9.17) is 9.47 Å². The minimum Gasteiger partial charge on any atom is -0.483 e. The molecular formula is C29H30F3N7O4. The van der Waals surface area contributed by atoms with E-state index in [1.807, 2.05) is 0 Å². The summed E-state index contributed by atoms with van der Waals surface area (Å²) in [7, 11) is 1.66. The van der Waals surface area contributed by atoms with E-state index < -0.39 is 35.6 Å². The van der Waals surface area contributed by atoms with Gasteiger partial charge >= 0.3 is 6.03 Å². The molecule has 2 aromatic heterocycles. The second kappa shape index (κ2) is 11.7. The number of rotatable bonds is 6. The molecular weight excluding hydrogens is 567 g/mol. The van der Waals surface area contributed by atoms with Crippen molar-refractivity contribution in [2.45, 2.75) is 44.4 Å². The summed E-state index contributed by atoms with van der Waals surface area (Å²) in [5.74, 6) is -2.47. The molecule has 43 heavy (non-hydrogen) atoms. The average molecular weight is 598 g/mol. The van der Waals surface area contributed by atoms with Crippen molar-refractivity contribution in [1.82, 2.24) is 30.0 Å². The van der Waals surface area contributed by atoms with Crippen LogP contribution >= 0.6 is 0 Å². The maximum Gasteiger partial charge on any atom is 0.341 e. The number of likely N-dealkylation sites (tertiary alicyclic amines) is 1. The fourth-order valence-electron chi connectivity index (χ4n) is 5.56. The van der Waals surface area contributed by atoms with Crippen LogP contribution in [0.2, 0.25) is 0 Å². The van der Waals surface area contributed by atoms with Crippen LogP contribution in [-0.2, 0) is 11.8 Å². The Labute approximate surface area is 245 Å². The van der Waals surface area contributed by atoms with Crippen LogP contribution in [0.3, 0.4) is 0 Å². The number of benzene rings is 1. The number of hydrazone groups is 1. The zero-order valence-corrected chi connectivity index (χ0v) is 23.6. The van der Waals surface area contributed by atoms with Gasteiger partial charge in [-0.2, -0.15) is 10.2 Å². The van der Waals surface area contributed by atoms with Crippen LogP contribution in [0, 0.1) is 24.4 Å². The van der Waals surface area contributed by atoms with E-state index in [0.717, 1.165) is 25.1 Å². The van der Waals surface area contributed by atoms with Crippen molar-refractivity contribution in [2.24, 2.45) is 12.1 Å². The van der Waals surface area contributed by atoms with Crippen molar-refractivity contribution in [2.75, 3.05) is 26.3 Å². The van der Waals surface area contributed by atoms with E-state index >= 15 is 0 Å². The second-order valence-electron chi connectivity index (χ2n) is 10.8. The first kappa shape index (κ1) is 28.6. The number of nitrogens with one attached hydrogen (secondary N) is 1. The fourth-order valence-corrected chi connectivity index (χ4v) is 5.56. The highest BCUT2D eigenvalue weighted by Crippen LogP contribution is 2.33. The molecule has 1 N–H and O–H groups in total. The number of aryl methyl sites for hydroxylation is 1. The molecule has 3 aliphatic rings. The van der Waals surface area contributed by atoms with Gasteiger partial charge in [0.05, 0.1) is 31.0 Å². The number of aromatic nitrogens is 3. The van der Waals surface area contributed by atoms with Gasteiger partial charge < -0.3 is 19.7 Å². The molecule has 0 saturated carbocycles. The number of hydrogen-bond donors (Lipinski definition) is 1. The van der Waals surface area contributed by atoms with Crippen LogP contribution in [0.25, 0.3) is 11.4 Å². The quantitative estimate of drug-likeness (QED) is 0.463. The Kier molecular flexibility index (Phi) is 7.77. The molecule has 3 aliphatic heterocycles. The zero-order valence-electron chi connectivity index (χ0n) is 23.6. The van der Waals surface area contributed by atoms with E-state index in [-0.39, 0.29) is 30.8 Å². The molecule has 14 heteroatoms. The molecule has 0 radical (unpaired) electrons. The predicted molar refractivity (Wildman–Crippen MR) is 148 cm³/mol. The van der Waals surface area contributed by atoms with Gasteiger partial charge in [0, 0.05) is 56.6 Å². The number of hydrogen-bond acceptors (Lipinski definition) is 7. The number of amides is 3. The number of halogens is 3. The molecule has 226 valence electrons. The first-order valence-electron chi connectivity index (χ1n) is 14.0. The Hall–Kier alpha value is -4.46. The molecule has 5 heterocycles. The lowest BCUT2D eigenvalue weighted by atomic mass is 10.0. The maximum absolute atomic E-state index is 14.7. The molecule has 0 aliphatic carbocycles. The molecule has 3 aromatic rings. The third-order valence-corrected chi connectivity index (χ3v) is 7.83. The summed E-state index contributed by atoms with van der Waals surface area (Å²) in [5.41, 5.74) is 2.03. The lowest BCUT2D eigenvalue weighted by Crippen LogP contribution is -2.58. The van der Waals surface area contributed by atoms with E-state index in [1.165, 1.54) is 39.0 Å². The van der Waals surface area contributed by atoms with Crippen LogP contribution in [0.1, 0.15) is 46.9 Å². The summed E-state index contributed by atoms with van der Waals surface area (Å²) < 4.78 is 55.0. The summed E-state index contributed by atoms with van der Waals surface area (Å²) in [6.45, 7) is 3.27. The zero-order chi connectivity index (χ0) is 30.2. The summed E-state index contributed by atoms with van der Waals surface area (Å²) in [4.78, 5) is 31.8. The van der Waals surface area contributed by atoms with Crippen molar-refractivity contribution < 1.29 is 32.2 Å². The largest absolute Gasteiger partial charge is 0.483 e. The molecule has 0 unspecified atom stereocenters. The fraction of sp³-hybridized carbons (Fsp3) is 0.414. The third kappa shape index (κ3) is 5.78. The van der Waals surface area contributed by atoms with Gasteiger partial charge in [0.1, 0.15) is 29.1 Å². The normalized spacial score (nSPS) is 19.0. The predicted octanol–water partition coefficient (Wildman–Crippen LogP) is 3.73. The van der Waals surface area contributed by atoms with Gasteiger partial charge in [-0.25, -0.2) is 23.0 Å². The van der Waals surface area contributed by atoms with Crippen LogP contribution in [0.15, 0.2) is 35.6 Å². The van der Waals surface area contributed by atoms with Gasteiger partial charge in [0.15, 0.2) is 11.6 Å². The van der Waals surface area contributed by atoms with Crippen molar-refractivity contribution >= 4 is 18.2 Å². The smallest absolute Gasteiger partial charge is 0.341 e. The lowest BCUT2D eigenvalue weighted by Gasteiger charge is -2.41. The third-order valence-electron chi connectivity index (χ3n) is 7.83. The molecule has 3 amide bonds. The van der Waals surface area contributed by atoms with Gasteiger partial charge in [-0.3, -0.25) is 14.5 Å². The van der Waals surface area contributed by atoms with Crippen molar-refractivity contribution in [1.29, 1.82) is 0 Å². The molecule has 6 rings (SSSR count). The van der Waals surface area contributed by atoms with Gasteiger partial charge in [0.25, 0.3) is 5.91 Å². The van der Waals surface area contributed by atoms with Gasteiger partial charge in [-0.1, -0.05) is 0 Å². The van der Waals surface area contributed by atoms with Gasteiger partial charge in [-0.05, 0) is 37.5 Å². The highest BCUT2D eigenvalue weighted by atomic mass is 19.1. The van der Waals surface area contributed by atoms with E-state index in [2.05, 4.69) is 20.5 Å². The maximum atomic E-state index is 14.7. The second-order valence-corrected chi connectivity index (χ2v) is 10.8. The number of urea groups is 1. The van der Waals surface area contributed by atoms with Gasteiger partial charge in [-0.15, -0.1) is 0 Å². The Bertz CT molecular complexity index is 1560. The number of carbonyl (C=O) groups excluding carboxylic acids is 2. The van der Waals surface area contributed by atoms with E-state index in [1.54, 1.807) is 14.0 Å². The van der Waals surface area contributed by atoms with Crippen molar-refractivity contribution in [3.8, 4) is 17.1 Å². The van der Waals surface area contributed by atoms with Crippen LogP contribution in [0.5, 0.6) is 5.75 Å². The summed E-state index contributed by atoms with van der Waals surface area (Å²) in [6.07, 6.45) is 3.84. The van der Waals surface area contributed by atoms with Gasteiger partial charge in [0.2, 0.25) is 0 Å². The monoisotopic (exact) mass is 597 g/mol. The Morgan fingerprint density at radius 1 is 1.07 bits per heavy atom. The first-order chi connectivity index (χ1) is 20.7. The summed E-state index contributed by atoms with van der Waals surface area (Å²) in [5, 5.41) is 12.8. The first-order valence-corrected chi connectivity index (χ1v) is 14.0. The highest BCUT2D eigenvalue weighted by Gasteiger charge is 2.39. The number of ether oxygens (including phenoxy) is 2. The molecule has 0 bridgehead atoms. The van der Waals surface area contributed by atoms with Crippen molar-refractivity contribution in [3.05, 3.63) is 64.7 Å². The average Bonchev–Trinajstić information content (AvgIpc) is 3.55. The Morgan fingerprint density at radius 3 is 2.51 bits per heavy atom. The molecule has 1 aromatic carbocycles. The molecule has 11 nitrogen and oxygen atoms in total. The number of nitrogens with zero attached hydrogens (tertiary/aromatic N) is 6. The standard InChI is InChI=1S/C29H30F3N7O4/c1-16-26(36-37(2)27(16)28(40)35-20-4-7-42-8-5-20)23-12-25(22(32)13-33-23)43-21-14-38(15-21)29(41)39-24(3-6-34-39)17-9-18(30)11-19(31)10-17/h6,9-13,20-21,24H,3-5,7-8,14-15H2,1-2H3,(H,35,40)/t24-/m0/s1. The SMILES string of the molecule is Cc1c(-c2cc(OC3CN(C(=O)N4N=CC[C@H]4c4cc(F)cc(F)c4)C3)c(F)cn2)nn(C)c1C(=O)NC1CCOCC1. The topological polar surface area (TPSA) is 114 Å². The molecule has 2 saturated heterocycles.